The molecule has 0 radical (unpaired) electrons. The van der Waals surface area contributed by atoms with Crippen LogP contribution in [0.2, 0.25) is 0 Å². The third-order valence-electron chi connectivity index (χ3n) is 6.21. The van der Waals surface area contributed by atoms with Crippen molar-refractivity contribution in [3.63, 3.8) is 0 Å². The summed E-state index contributed by atoms with van der Waals surface area (Å²) in [5.41, 5.74) is 2.40. The zero-order valence-electron chi connectivity index (χ0n) is 20.1. The predicted molar refractivity (Wildman–Crippen MR) is 135 cm³/mol. The van der Waals surface area contributed by atoms with Gasteiger partial charge in [0.1, 0.15) is 11.3 Å². The molecule has 2 heterocycles. The van der Waals surface area contributed by atoms with Gasteiger partial charge in [0.15, 0.2) is 4.80 Å². The van der Waals surface area contributed by atoms with E-state index in [0.29, 0.717) is 35.9 Å². The summed E-state index contributed by atoms with van der Waals surface area (Å²) < 4.78 is 36.2. The van der Waals surface area contributed by atoms with Crippen molar-refractivity contribution in [2.24, 2.45) is 10.9 Å². The van der Waals surface area contributed by atoms with Gasteiger partial charge >= 0.3 is 0 Å². The fourth-order valence-electron chi connectivity index (χ4n) is 4.39. The van der Waals surface area contributed by atoms with Gasteiger partial charge in [0.25, 0.3) is 5.91 Å². The van der Waals surface area contributed by atoms with Crippen LogP contribution in [0, 0.1) is 12.8 Å². The summed E-state index contributed by atoms with van der Waals surface area (Å²) in [4.78, 5) is 18.3. The zero-order valence-corrected chi connectivity index (χ0v) is 21.7. The molecule has 7 nitrogen and oxygen atoms in total. The van der Waals surface area contributed by atoms with Crippen molar-refractivity contribution in [2.45, 2.75) is 51.5 Å². The van der Waals surface area contributed by atoms with Crippen LogP contribution < -0.4 is 9.54 Å². The molecule has 1 atom stereocenters. The number of amides is 1. The van der Waals surface area contributed by atoms with E-state index in [2.05, 4.69) is 18.8 Å². The van der Waals surface area contributed by atoms with Crippen molar-refractivity contribution in [1.82, 2.24) is 8.87 Å². The quantitative estimate of drug-likeness (QED) is 0.495. The molecule has 0 spiro atoms. The first-order chi connectivity index (χ1) is 16.3. The second-order valence-corrected chi connectivity index (χ2v) is 11.8. The van der Waals surface area contributed by atoms with E-state index in [0.717, 1.165) is 40.8 Å². The van der Waals surface area contributed by atoms with Crippen molar-refractivity contribution < 1.29 is 17.9 Å². The maximum Gasteiger partial charge on any atom is 0.279 e. The van der Waals surface area contributed by atoms with Gasteiger partial charge in [-0.2, -0.15) is 9.30 Å². The normalized spacial score (nSPS) is 17.9. The minimum atomic E-state index is -3.56. The molecule has 182 valence electrons. The van der Waals surface area contributed by atoms with Crippen molar-refractivity contribution in [2.75, 3.05) is 20.2 Å². The largest absolute Gasteiger partial charge is 0.495 e. The molecule has 4 rings (SSSR count). The van der Waals surface area contributed by atoms with Gasteiger partial charge in [0, 0.05) is 25.2 Å². The van der Waals surface area contributed by atoms with Crippen molar-refractivity contribution in [3.8, 4) is 5.75 Å². The number of thiazole rings is 1. The number of rotatable bonds is 6. The third kappa shape index (κ3) is 4.69. The second-order valence-electron chi connectivity index (χ2n) is 8.85. The Morgan fingerprint density at radius 2 is 1.94 bits per heavy atom. The molecule has 1 aliphatic rings. The molecule has 1 amide bonds. The van der Waals surface area contributed by atoms with E-state index in [4.69, 9.17) is 4.74 Å². The number of aromatic nitrogens is 1. The molecular formula is C25H31N3O4S2. The molecule has 1 aromatic heterocycles. The van der Waals surface area contributed by atoms with Gasteiger partial charge in [0.05, 0.1) is 16.7 Å². The summed E-state index contributed by atoms with van der Waals surface area (Å²) in [6.07, 6.45) is 2.79. The van der Waals surface area contributed by atoms with Crippen LogP contribution in [0.5, 0.6) is 5.75 Å². The van der Waals surface area contributed by atoms with Crippen LogP contribution in [0.3, 0.4) is 0 Å². The number of benzene rings is 2. The second kappa shape index (κ2) is 10.0. The third-order valence-corrected chi connectivity index (χ3v) is 9.30. The number of carbonyl (C=O) groups excluding carboxylic acids is 1. The Morgan fingerprint density at radius 3 is 2.59 bits per heavy atom. The lowest BCUT2D eigenvalue weighted by atomic mass is 10.0. The highest BCUT2D eigenvalue weighted by Crippen LogP contribution is 2.30. The highest BCUT2D eigenvalue weighted by Gasteiger charge is 2.28. The van der Waals surface area contributed by atoms with Crippen molar-refractivity contribution in [3.05, 3.63) is 52.3 Å². The molecule has 1 unspecified atom stereocenters. The number of piperidine rings is 1. The Kier molecular flexibility index (Phi) is 7.25. The summed E-state index contributed by atoms with van der Waals surface area (Å²) in [5.74, 6) is 0.700. The average molecular weight is 502 g/mol. The average Bonchev–Trinajstić information content (AvgIpc) is 3.18. The Bertz CT molecular complexity index is 1370. The summed E-state index contributed by atoms with van der Waals surface area (Å²) in [6.45, 7) is 7.95. The first-order valence-electron chi connectivity index (χ1n) is 11.6. The summed E-state index contributed by atoms with van der Waals surface area (Å²) in [5, 5.41) is 0. The van der Waals surface area contributed by atoms with E-state index < -0.39 is 15.9 Å². The van der Waals surface area contributed by atoms with Gasteiger partial charge in [-0.05, 0) is 68.0 Å². The number of hydrogen-bond acceptors (Lipinski definition) is 5. The highest BCUT2D eigenvalue weighted by molar-refractivity contribution is 7.89. The number of sulfonamides is 1. The molecular weight excluding hydrogens is 470 g/mol. The Balaban J connectivity index is 1.68. The molecule has 3 aromatic rings. The van der Waals surface area contributed by atoms with E-state index in [1.807, 2.05) is 23.6 Å². The first-order valence-corrected chi connectivity index (χ1v) is 13.9. The molecule has 0 bridgehead atoms. The van der Waals surface area contributed by atoms with E-state index in [9.17, 15) is 13.2 Å². The van der Waals surface area contributed by atoms with Crippen LogP contribution in [0.25, 0.3) is 10.2 Å². The fraction of sp³-hybridized carbons (Fsp3) is 0.440. The first kappa shape index (κ1) is 24.6. The highest BCUT2D eigenvalue weighted by atomic mass is 32.2. The maximum absolute atomic E-state index is 13.0. The lowest BCUT2D eigenvalue weighted by Gasteiger charge is -2.30. The van der Waals surface area contributed by atoms with E-state index >= 15 is 0 Å². The molecule has 0 aliphatic carbocycles. The molecule has 34 heavy (non-hydrogen) atoms. The van der Waals surface area contributed by atoms with Crippen molar-refractivity contribution in [1.29, 1.82) is 0 Å². The van der Waals surface area contributed by atoms with Gasteiger partial charge in [-0.3, -0.25) is 4.79 Å². The van der Waals surface area contributed by atoms with Gasteiger partial charge in [-0.15, -0.1) is 0 Å². The lowest BCUT2D eigenvalue weighted by Crippen LogP contribution is -2.39. The van der Waals surface area contributed by atoms with E-state index in [1.54, 1.807) is 23.5 Å². The minimum Gasteiger partial charge on any atom is -0.495 e. The molecule has 1 aliphatic heterocycles. The molecule has 1 fully saturated rings. The Hall–Kier alpha value is -2.49. The van der Waals surface area contributed by atoms with Gasteiger partial charge in [0.2, 0.25) is 10.0 Å². The Labute approximate surface area is 204 Å². The van der Waals surface area contributed by atoms with Crippen LogP contribution in [-0.4, -0.2) is 43.4 Å². The maximum atomic E-state index is 13.0. The topological polar surface area (TPSA) is 81.0 Å². The molecule has 9 heteroatoms. The smallest absolute Gasteiger partial charge is 0.279 e. The SMILES string of the molecule is CCCn1c(=NC(=O)c2ccc(S(=O)(=O)N3CCCC(C)C3)cc2)sc2c(C)ccc(OC)c21. The number of aryl methyl sites for hydroxylation is 2. The van der Waals surface area contributed by atoms with Crippen LogP contribution in [0.4, 0.5) is 0 Å². The molecule has 0 N–H and O–H groups in total. The molecule has 0 saturated carbocycles. The predicted octanol–water partition coefficient (Wildman–Crippen LogP) is 4.59. The van der Waals surface area contributed by atoms with Gasteiger partial charge in [-0.1, -0.05) is 31.3 Å². The summed E-state index contributed by atoms with van der Waals surface area (Å²) >= 11 is 1.46. The minimum absolute atomic E-state index is 0.210. The number of fused-ring (bicyclic) bond motifs is 1. The fourth-order valence-corrected chi connectivity index (χ4v) is 7.13. The summed E-state index contributed by atoms with van der Waals surface area (Å²) in [7, 11) is -1.93. The van der Waals surface area contributed by atoms with Crippen LogP contribution in [0.1, 0.15) is 49.0 Å². The Morgan fingerprint density at radius 1 is 1.21 bits per heavy atom. The lowest BCUT2D eigenvalue weighted by molar-refractivity contribution is 0.0997. The van der Waals surface area contributed by atoms with Crippen LogP contribution >= 0.6 is 11.3 Å². The zero-order chi connectivity index (χ0) is 24.5. The molecule has 1 saturated heterocycles. The van der Waals surface area contributed by atoms with Gasteiger partial charge < -0.3 is 9.30 Å². The molecule has 2 aromatic carbocycles. The van der Waals surface area contributed by atoms with Crippen LogP contribution in [0.15, 0.2) is 46.3 Å². The van der Waals surface area contributed by atoms with E-state index in [-0.39, 0.29) is 4.90 Å². The number of carbonyl (C=O) groups is 1. The number of ether oxygens (including phenoxy) is 1. The van der Waals surface area contributed by atoms with Gasteiger partial charge in [-0.25, -0.2) is 8.42 Å². The van der Waals surface area contributed by atoms with E-state index in [1.165, 1.54) is 23.5 Å². The number of methoxy groups -OCH3 is 1. The monoisotopic (exact) mass is 501 g/mol. The standard InChI is InChI=1S/C25H31N3O4S2/c1-5-14-28-22-21(32-4)13-8-18(3)23(22)33-25(28)26-24(29)19-9-11-20(12-10-19)34(30,31)27-15-6-7-17(2)16-27/h8-13,17H,5-7,14-16H2,1-4H3. The summed E-state index contributed by atoms with van der Waals surface area (Å²) in [6, 6.07) is 10.1. The number of hydrogen-bond donors (Lipinski definition) is 0. The van der Waals surface area contributed by atoms with Crippen LogP contribution in [-0.2, 0) is 16.6 Å². The van der Waals surface area contributed by atoms with Crippen molar-refractivity contribution >= 4 is 37.5 Å². The number of nitrogens with zero attached hydrogens (tertiary/aromatic N) is 3.